The summed E-state index contributed by atoms with van der Waals surface area (Å²) in [6.07, 6.45) is 1.85. The molecule has 1 heterocycles. The highest BCUT2D eigenvalue weighted by Crippen LogP contribution is 2.26. The molecule has 0 fully saturated rings. The van der Waals surface area contributed by atoms with Crippen LogP contribution in [0.4, 0.5) is 10.1 Å². The molecule has 0 unspecified atom stereocenters. The molecule has 4 heteroatoms. The Balaban J connectivity index is 1.76. The summed E-state index contributed by atoms with van der Waals surface area (Å²) in [5.41, 5.74) is 2.92. The standard InChI is InChI=1S/C17H16FNO2/c18-15-8-2-1-5-12(15)11-21-17(20)14-6-3-9-16-13(14)7-4-10-19-16/h1-3,5-6,8-9,19H,4,7,10-11H2. The Labute approximate surface area is 122 Å². The molecule has 0 saturated heterocycles. The van der Waals surface area contributed by atoms with E-state index in [-0.39, 0.29) is 12.4 Å². The van der Waals surface area contributed by atoms with Crippen molar-refractivity contribution in [3.8, 4) is 0 Å². The molecule has 0 atom stereocenters. The van der Waals surface area contributed by atoms with E-state index in [1.54, 1.807) is 24.3 Å². The highest BCUT2D eigenvalue weighted by Gasteiger charge is 2.18. The first-order valence-electron chi connectivity index (χ1n) is 7.02. The Morgan fingerprint density at radius 1 is 1.19 bits per heavy atom. The van der Waals surface area contributed by atoms with E-state index in [4.69, 9.17) is 4.74 Å². The maximum absolute atomic E-state index is 13.5. The van der Waals surface area contributed by atoms with Crippen molar-refractivity contribution in [2.45, 2.75) is 19.4 Å². The molecule has 0 aliphatic carbocycles. The molecular weight excluding hydrogens is 269 g/mol. The summed E-state index contributed by atoms with van der Waals surface area (Å²) in [5, 5.41) is 3.27. The molecule has 0 spiro atoms. The topological polar surface area (TPSA) is 38.3 Å². The summed E-state index contributed by atoms with van der Waals surface area (Å²) in [4.78, 5) is 12.2. The van der Waals surface area contributed by atoms with Gasteiger partial charge in [0.25, 0.3) is 0 Å². The third kappa shape index (κ3) is 2.89. The first-order valence-corrected chi connectivity index (χ1v) is 7.02. The lowest BCUT2D eigenvalue weighted by molar-refractivity contribution is 0.0467. The molecule has 0 radical (unpaired) electrons. The zero-order chi connectivity index (χ0) is 14.7. The number of carbonyl (C=O) groups is 1. The van der Waals surface area contributed by atoms with Crippen molar-refractivity contribution in [3.05, 3.63) is 65.0 Å². The number of esters is 1. The molecule has 108 valence electrons. The van der Waals surface area contributed by atoms with Gasteiger partial charge in [-0.25, -0.2) is 9.18 Å². The molecule has 0 saturated carbocycles. The zero-order valence-electron chi connectivity index (χ0n) is 11.6. The van der Waals surface area contributed by atoms with Gasteiger partial charge in [-0.2, -0.15) is 0 Å². The molecule has 1 aliphatic rings. The number of ether oxygens (including phenoxy) is 1. The molecule has 1 N–H and O–H groups in total. The average Bonchev–Trinajstić information content (AvgIpc) is 2.53. The monoisotopic (exact) mass is 285 g/mol. The van der Waals surface area contributed by atoms with Crippen molar-refractivity contribution < 1.29 is 13.9 Å². The fourth-order valence-corrected chi connectivity index (χ4v) is 2.54. The average molecular weight is 285 g/mol. The molecule has 3 nitrogen and oxygen atoms in total. The molecule has 0 bridgehead atoms. The molecule has 0 amide bonds. The van der Waals surface area contributed by atoms with Crippen LogP contribution < -0.4 is 5.32 Å². The number of fused-ring (bicyclic) bond motifs is 1. The number of carbonyl (C=O) groups excluding carboxylic acids is 1. The van der Waals surface area contributed by atoms with Gasteiger partial charge in [0, 0.05) is 17.8 Å². The molecule has 2 aromatic rings. The van der Waals surface area contributed by atoms with Crippen molar-refractivity contribution in [3.63, 3.8) is 0 Å². The number of halogens is 1. The maximum atomic E-state index is 13.5. The van der Waals surface area contributed by atoms with Crippen molar-refractivity contribution in [1.29, 1.82) is 0 Å². The van der Waals surface area contributed by atoms with E-state index in [9.17, 15) is 9.18 Å². The Hall–Kier alpha value is -2.36. The van der Waals surface area contributed by atoms with E-state index < -0.39 is 5.97 Å². The number of benzene rings is 2. The zero-order valence-corrected chi connectivity index (χ0v) is 11.6. The quantitative estimate of drug-likeness (QED) is 0.877. The van der Waals surface area contributed by atoms with E-state index in [0.29, 0.717) is 11.1 Å². The number of nitrogens with one attached hydrogen (secondary N) is 1. The minimum atomic E-state index is -0.404. The highest BCUT2D eigenvalue weighted by atomic mass is 19.1. The Morgan fingerprint density at radius 2 is 2.05 bits per heavy atom. The van der Waals surface area contributed by atoms with Gasteiger partial charge in [-0.3, -0.25) is 0 Å². The lowest BCUT2D eigenvalue weighted by atomic mass is 9.98. The summed E-state index contributed by atoms with van der Waals surface area (Å²) < 4.78 is 18.8. The third-order valence-corrected chi connectivity index (χ3v) is 3.63. The van der Waals surface area contributed by atoms with Crippen LogP contribution in [-0.2, 0) is 17.8 Å². The molecule has 21 heavy (non-hydrogen) atoms. The number of anilines is 1. The van der Waals surface area contributed by atoms with Gasteiger partial charge in [0.2, 0.25) is 0 Å². The van der Waals surface area contributed by atoms with Crippen molar-refractivity contribution in [1.82, 2.24) is 0 Å². The lowest BCUT2D eigenvalue weighted by Gasteiger charge is -2.20. The molecule has 2 aromatic carbocycles. The highest BCUT2D eigenvalue weighted by molar-refractivity contribution is 5.93. The van der Waals surface area contributed by atoms with Gasteiger partial charge in [0.15, 0.2) is 0 Å². The van der Waals surface area contributed by atoms with Gasteiger partial charge in [0.05, 0.1) is 5.56 Å². The van der Waals surface area contributed by atoms with Crippen LogP contribution in [-0.4, -0.2) is 12.5 Å². The van der Waals surface area contributed by atoms with E-state index >= 15 is 0 Å². The van der Waals surface area contributed by atoms with Crippen LogP contribution in [0.2, 0.25) is 0 Å². The Bertz CT molecular complexity index is 670. The Kier molecular flexibility index (Phi) is 3.86. The van der Waals surface area contributed by atoms with Crippen LogP contribution in [0.5, 0.6) is 0 Å². The maximum Gasteiger partial charge on any atom is 0.338 e. The van der Waals surface area contributed by atoms with E-state index in [1.165, 1.54) is 6.07 Å². The first-order chi connectivity index (χ1) is 10.3. The van der Waals surface area contributed by atoms with E-state index in [2.05, 4.69) is 5.32 Å². The SMILES string of the molecule is O=C(OCc1ccccc1F)c1cccc2c1CCCN2. The summed E-state index contributed by atoms with van der Waals surface area (Å²) in [6.45, 7) is 0.864. The molecular formula is C17H16FNO2. The van der Waals surface area contributed by atoms with Gasteiger partial charge in [0.1, 0.15) is 12.4 Å². The summed E-state index contributed by atoms with van der Waals surface area (Å²) in [5.74, 6) is -0.763. The largest absolute Gasteiger partial charge is 0.457 e. The Morgan fingerprint density at radius 3 is 2.90 bits per heavy atom. The summed E-state index contributed by atoms with van der Waals surface area (Å²) >= 11 is 0. The third-order valence-electron chi connectivity index (χ3n) is 3.63. The second-order valence-electron chi connectivity index (χ2n) is 5.03. The van der Waals surface area contributed by atoms with Crippen molar-refractivity contribution >= 4 is 11.7 Å². The van der Waals surface area contributed by atoms with Crippen LogP contribution in [0.25, 0.3) is 0 Å². The smallest absolute Gasteiger partial charge is 0.338 e. The lowest BCUT2D eigenvalue weighted by Crippen LogP contribution is -2.16. The minimum absolute atomic E-state index is 0.0530. The van der Waals surface area contributed by atoms with Crippen LogP contribution in [0.1, 0.15) is 27.9 Å². The fraction of sp³-hybridized carbons (Fsp3) is 0.235. The fourth-order valence-electron chi connectivity index (χ4n) is 2.54. The van der Waals surface area contributed by atoms with E-state index in [0.717, 1.165) is 30.6 Å². The van der Waals surface area contributed by atoms with Crippen molar-refractivity contribution in [2.75, 3.05) is 11.9 Å². The van der Waals surface area contributed by atoms with Gasteiger partial charge < -0.3 is 10.1 Å². The van der Waals surface area contributed by atoms with Crippen LogP contribution in [0, 0.1) is 5.82 Å². The van der Waals surface area contributed by atoms with Gasteiger partial charge in [-0.1, -0.05) is 24.3 Å². The number of hydrogen-bond acceptors (Lipinski definition) is 3. The van der Waals surface area contributed by atoms with Gasteiger partial charge in [-0.15, -0.1) is 0 Å². The summed E-state index contributed by atoms with van der Waals surface area (Å²) in [7, 11) is 0. The second-order valence-corrected chi connectivity index (χ2v) is 5.03. The van der Waals surface area contributed by atoms with Crippen LogP contribution in [0.15, 0.2) is 42.5 Å². The van der Waals surface area contributed by atoms with E-state index in [1.807, 2.05) is 12.1 Å². The normalized spacial score (nSPS) is 13.2. The van der Waals surface area contributed by atoms with Gasteiger partial charge >= 0.3 is 5.97 Å². The molecule has 1 aliphatic heterocycles. The molecule has 0 aromatic heterocycles. The molecule has 3 rings (SSSR count). The predicted octanol–water partition coefficient (Wildman–Crippen LogP) is 3.54. The number of rotatable bonds is 3. The summed E-state index contributed by atoms with van der Waals surface area (Å²) in [6, 6.07) is 11.9. The predicted molar refractivity (Wildman–Crippen MR) is 78.8 cm³/mol. The first kappa shape index (κ1) is 13.6. The number of hydrogen-bond donors (Lipinski definition) is 1. The minimum Gasteiger partial charge on any atom is -0.457 e. The second kappa shape index (κ2) is 5.95. The van der Waals surface area contributed by atoms with Crippen LogP contribution in [0.3, 0.4) is 0 Å². The van der Waals surface area contributed by atoms with Crippen LogP contribution >= 0.6 is 0 Å². The van der Waals surface area contributed by atoms with Crippen molar-refractivity contribution in [2.24, 2.45) is 0 Å². The van der Waals surface area contributed by atoms with Gasteiger partial charge in [-0.05, 0) is 36.6 Å².